The normalized spacial score (nSPS) is 15.2. The van der Waals surface area contributed by atoms with Crippen LogP contribution >= 0.6 is 0 Å². The maximum absolute atomic E-state index is 11.9. The number of hydrogen-bond donors (Lipinski definition) is 3. The van der Waals surface area contributed by atoms with Crippen molar-refractivity contribution >= 4 is 11.6 Å². The van der Waals surface area contributed by atoms with Gasteiger partial charge in [-0.3, -0.25) is 9.59 Å². The summed E-state index contributed by atoms with van der Waals surface area (Å²) < 4.78 is 0. The molecule has 0 amide bonds. The van der Waals surface area contributed by atoms with Crippen molar-refractivity contribution < 1.29 is 24.9 Å². The van der Waals surface area contributed by atoms with Gasteiger partial charge in [0.15, 0.2) is 23.1 Å². The molecule has 0 atom stereocenters. The summed E-state index contributed by atoms with van der Waals surface area (Å²) in [5, 5.41) is 28.0. The molecule has 0 saturated carbocycles. The number of carbonyl (C=O) groups is 2. The maximum atomic E-state index is 11.9. The molecular formula is C12H10O5. The Labute approximate surface area is 96.6 Å². The number of aliphatic hydroxyl groups excluding tert-OH is 1. The fourth-order valence-corrected chi connectivity index (χ4v) is 1.85. The molecule has 0 aliphatic heterocycles. The van der Waals surface area contributed by atoms with Gasteiger partial charge in [0.2, 0.25) is 0 Å². The zero-order valence-corrected chi connectivity index (χ0v) is 9.02. The largest absolute Gasteiger partial charge is 0.504 e. The molecule has 0 fully saturated rings. The van der Waals surface area contributed by atoms with E-state index in [1.807, 2.05) is 0 Å². The highest BCUT2D eigenvalue weighted by Crippen LogP contribution is 2.37. The van der Waals surface area contributed by atoms with Gasteiger partial charge in [-0.05, 0) is 19.1 Å². The van der Waals surface area contributed by atoms with Gasteiger partial charge in [0.25, 0.3) is 0 Å². The number of carbonyl (C=O) groups excluding carboxylic acids is 2. The third kappa shape index (κ3) is 1.43. The maximum Gasteiger partial charge on any atom is 0.196 e. The Morgan fingerprint density at radius 2 is 1.76 bits per heavy atom. The molecule has 0 spiro atoms. The Hall–Kier alpha value is -2.14. The molecule has 5 nitrogen and oxygen atoms in total. The molecule has 17 heavy (non-hydrogen) atoms. The lowest BCUT2D eigenvalue weighted by Crippen LogP contribution is -2.22. The summed E-state index contributed by atoms with van der Waals surface area (Å²) in [5.74, 6) is -2.16. The van der Waals surface area contributed by atoms with E-state index in [-0.39, 0.29) is 22.3 Å². The van der Waals surface area contributed by atoms with Gasteiger partial charge in [-0.15, -0.1) is 0 Å². The molecule has 1 aromatic carbocycles. The average Bonchev–Trinajstić information content (AvgIpc) is 2.30. The van der Waals surface area contributed by atoms with Crippen LogP contribution in [0.4, 0.5) is 0 Å². The van der Waals surface area contributed by atoms with Gasteiger partial charge in [-0.25, -0.2) is 0 Å². The molecular weight excluding hydrogens is 224 g/mol. The molecule has 1 aliphatic carbocycles. The Balaban J connectivity index is 2.78. The van der Waals surface area contributed by atoms with Gasteiger partial charge in [-0.2, -0.15) is 0 Å². The average molecular weight is 234 g/mol. The van der Waals surface area contributed by atoms with Crippen LogP contribution in [0.1, 0.15) is 27.6 Å². The molecule has 0 heterocycles. The van der Waals surface area contributed by atoms with Crippen LogP contribution in [0.5, 0.6) is 11.5 Å². The van der Waals surface area contributed by atoms with Crippen LogP contribution in [0, 0.1) is 0 Å². The second-order valence-corrected chi connectivity index (χ2v) is 3.78. The number of Topliss-reactive ketones (excluding diaryl/α,β-unsaturated/α-hetero) is 2. The first-order valence-corrected chi connectivity index (χ1v) is 4.94. The first kappa shape index (κ1) is 11.3. The molecule has 0 saturated heterocycles. The lowest BCUT2D eigenvalue weighted by Gasteiger charge is -2.18. The second-order valence-electron chi connectivity index (χ2n) is 3.78. The number of aliphatic hydroxyl groups is 1. The van der Waals surface area contributed by atoms with Crippen molar-refractivity contribution in [3.05, 3.63) is 34.4 Å². The van der Waals surface area contributed by atoms with Gasteiger partial charge in [0.1, 0.15) is 0 Å². The number of phenols is 2. The smallest absolute Gasteiger partial charge is 0.196 e. The van der Waals surface area contributed by atoms with E-state index < -0.39 is 29.7 Å². The molecule has 1 aromatic rings. The van der Waals surface area contributed by atoms with Gasteiger partial charge in [0, 0.05) is 16.7 Å². The zero-order chi connectivity index (χ0) is 12.7. The third-order valence-electron chi connectivity index (χ3n) is 2.85. The Kier molecular flexibility index (Phi) is 2.48. The summed E-state index contributed by atoms with van der Waals surface area (Å²) in [6.45, 7) is 0.865. The predicted octanol–water partition coefficient (Wildman–Crippen LogP) is 0.786. The Bertz CT molecular complexity index is 569. The van der Waals surface area contributed by atoms with Crippen molar-refractivity contribution in [2.75, 3.05) is 6.61 Å². The standard InChI is InChI=1S/C12H10O5/c1-5-7(4-13)11(16)9-6(10(5)15)2-3-8(14)12(9)17/h2-3,13-14,17H,4H2,1H3. The quantitative estimate of drug-likeness (QED) is 0.624. The molecule has 3 N–H and O–H groups in total. The van der Waals surface area contributed by atoms with Crippen LogP contribution in [0.15, 0.2) is 23.3 Å². The van der Waals surface area contributed by atoms with Crippen molar-refractivity contribution in [2.24, 2.45) is 0 Å². The lowest BCUT2D eigenvalue weighted by atomic mass is 9.84. The van der Waals surface area contributed by atoms with E-state index >= 15 is 0 Å². The van der Waals surface area contributed by atoms with Crippen LogP contribution in [-0.4, -0.2) is 33.5 Å². The summed E-state index contributed by atoms with van der Waals surface area (Å²) in [6.07, 6.45) is 0. The lowest BCUT2D eigenvalue weighted by molar-refractivity contribution is 0.0960. The minimum Gasteiger partial charge on any atom is -0.504 e. The molecule has 1 aliphatic rings. The minimum absolute atomic E-state index is 0.0417. The van der Waals surface area contributed by atoms with Gasteiger partial charge in [0.05, 0.1) is 12.2 Å². The van der Waals surface area contributed by atoms with E-state index in [2.05, 4.69) is 0 Å². The highest BCUT2D eigenvalue weighted by molar-refractivity contribution is 6.28. The number of rotatable bonds is 1. The summed E-state index contributed by atoms with van der Waals surface area (Å²) in [6, 6.07) is 2.43. The van der Waals surface area contributed by atoms with E-state index in [9.17, 15) is 19.8 Å². The molecule has 2 rings (SSSR count). The Morgan fingerprint density at radius 3 is 2.35 bits per heavy atom. The number of benzene rings is 1. The molecule has 0 unspecified atom stereocenters. The van der Waals surface area contributed by atoms with Crippen LogP contribution < -0.4 is 0 Å². The molecule has 0 bridgehead atoms. The number of phenolic OH excluding ortho intramolecular Hbond substituents is 2. The van der Waals surface area contributed by atoms with Crippen LogP contribution in [-0.2, 0) is 0 Å². The van der Waals surface area contributed by atoms with E-state index in [0.29, 0.717) is 0 Å². The molecule has 0 aromatic heterocycles. The number of hydrogen-bond acceptors (Lipinski definition) is 5. The Morgan fingerprint density at radius 1 is 1.12 bits per heavy atom. The van der Waals surface area contributed by atoms with Crippen molar-refractivity contribution in [1.82, 2.24) is 0 Å². The third-order valence-corrected chi connectivity index (χ3v) is 2.85. The molecule has 0 radical (unpaired) electrons. The summed E-state index contributed by atoms with van der Waals surface area (Å²) in [4.78, 5) is 23.8. The summed E-state index contributed by atoms with van der Waals surface area (Å²) in [5.41, 5.74) is -0.0943. The topological polar surface area (TPSA) is 94.8 Å². The van der Waals surface area contributed by atoms with Crippen molar-refractivity contribution in [3.63, 3.8) is 0 Å². The SMILES string of the molecule is CC1=C(CO)C(=O)c2c(ccc(O)c2O)C1=O. The van der Waals surface area contributed by atoms with E-state index in [1.54, 1.807) is 0 Å². The number of aromatic hydroxyl groups is 2. The highest BCUT2D eigenvalue weighted by atomic mass is 16.3. The molecule has 88 valence electrons. The first-order chi connectivity index (χ1) is 7.99. The second kappa shape index (κ2) is 3.71. The number of fused-ring (bicyclic) bond motifs is 1. The number of allylic oxidation sites excluding steroid dienone is 1. The molecule has 5 heteroatoms. The van der Waals surface area contributed by atoms with Crippen LogP contribution in [0.2, 0.25) is 0 Å². The predicted molar refractivity (Wildman–Crippen MR) is 58.2 cm³/mol. The monoisotopic (exact) mass is 234 g/mol. The van der Waals surface area contributed by atoms with Crippen LogP contribution in [0.3, 0.4) is 0 Å². The van der Waals surface area contributed by atoms with Crippen molar-refractivity contribution in [2.45, 2.75) is 6.92 Å². The van der Waals surface area contributed by atoms with Crippen molar-refractivity contribution in [1.29, 1.82) is 0 Å². The van der Waals surface area contributed by atoms with Crippen LogP contribution in [0.25, 0.3) is 0 Å². The number of ketones is 2. The van der Waals surface area contributed by atoms with E-state index in [1.165, 1.54) is 13.0 Å². The first-order valence-electron chi connectivity index (χ1n) is 4.94. The van der Waals surface area contributed by atoms with Gasteiger partial charge < -0.3 is 15.3 Å². The summed E-state index contributed by atoms with van der Waals surface area (Å²) in [7, 11) is 0. The zero-order valence-electron chi connectivity index (χ0n) is 9.02. The van der Waals surface area contributed by atoms with Gasteiger partial charge in [-0.1, -0.05) is 0 Å². The highest BCUT2D eigenvalue weighted by Gasteiger charge is 2.32. The van der Waals surface area contributed by atoms with Gasteiger partial charge >= 0.3 is 0 Å². The fourth-order valence-electron chi connectivity index (χ4n) is 1.85. The fraction of sp³-hybridized carbons (Fsp3) is 0.167. The van der Waals surface area contributed by atoms with E-state index in [4.69, 9.17) is 5.11 Å². The summed E-state index contributed by atoms with van der Waals surface area (Å²) >= 11 is 0. The van der Waals surface area contributed by atoms with Crippen molar-refractivity contribution in [3.8, 4) is 11.5 Å². The minimum atomic E-state index is -0.631. The van der Waals surface area contributed by atoms with E-state index in [0.717, 1.165) is 6.07 Å².